The summed E-state index contributed by atoms with van der Waals surface area (Å²) >= 11 is 0. The molecular weight excluding hydrogens is 444 g/mol. The number of rotatable bonds is 6. The monoisotopic (exact) mass is 468 g/mol. The molecule has 176 valence electrons. The summed E-state index contributed by atoms with van der Waals surface area (Å²) in [5, 5.41) is 11.0. The minimum Gasteiger partial charge on any atom is -0.497 e. The van der Waals surface area contributed by atoms with Gasteiger partial charge in [0, 0.05) is 11.9 Å². The van der Waals surface area contributed by atoms with Gasteiger partial charge in [0.05, 0.1) is 37.2 Å². The molecule has 1 unspecified atom stereocenters. The number of carbonyl (C=O) groups excluding carboxylic acids is 1. The maximum Gasteiger partial charge on any atom is 0.255 e. The first-order chi connectivity index (χ1) is 17.1. The van der Waals surface area contributed by atoms with Crippen LogP contribution < -0.4 is 20.1 Å². The number of ether oxygens (including phenoxy) is 2. The van der Waals surface area contributed by atoms with Gasteiger partial charge < -0.3 is 20.1 Å². The van der Waals surface area contributed by atoms with Crippen molar-refractivity contribution in [2.24, 2.45) is 0 Å². The predicted octanol–water partition coefficient (Wildman–Crippen LogP) is 4.28. The van der Waals surface area contributed by atoms with Gasteiger partial charge in [-0.05, 0) is 48.9 Å². The number of amides is 1. The summed E-state index contributed by atoms with van der Waals surface area (Å²) in [5.41, 5.74) is 3.42. The lowest BCUT2D eigenvalue weighted by molar-refractivity contribution is -0.113. The Labute approximate surface area is 202 Å². The van der Waals surface area contributed by atoms with Crippen LogP contribution in [0.5, 0.6) is 11.5 Å². The molecule has 0 fully saturated rings. The van der Waals surface area contributed by atoms with Crippen molar-refractivity contribution in [1.29, 1.82) is 0 Å². The molecule has 0 radical (unpaired) electrons. The zero-order chi connectivity index (χ0) is 24.4. The van der Waals surface area contributed by atoms with Crippen molar-refractivity contribution in [2.45, 2.75) is 13.0 Å². The van der Waals surface area contributed by atoms with Crippen LogP contribution in [0.2, 0.25) is 0 Å². The second-order valence-electron chi connectivity index (χ2n) is 7.94. The quantitative estimate of drug-likeness (QED) is 0.435. The van der Waals surface area contributed by atoms with E-state index in [1.165, 1.54) is 0 Å². The van der Waals surface area contributed by atoms with Gasteiger partial charge in [0.15, 0.2) is 5.82 Å². The minimum absolute atomic E-state index is 0.260. The van der Waals surface area contributed by atoms with E-state index < -0.39 is 6.04 Å². The average Bonchev–Trinajstić information content (AvgIpc) is 3.31. The fourth-order valence-corrected chi connectivity index (χ4v) is 4.12. The van der Waals surface area contributed by atoms with E-state index in [2.05, 4.69) is 15.6 Å². The Balaban J connectivity index is 1.61. The number of hydrogen-bond acceptors (Lipinski definition) is 7. The standard InChI is InChI=1S/C26H24N6O3/c1-16-22(25(33)29-18-7-6-14-27-15-18)23(17-10-12-19(34-2)13-11-17)32-26(28-16)30-24(31-32)20-8-4-5-9-21(20)35-3/h4-15,23H,1-3H3,(H,29,33)(H,28,30,31). The first kappa shape index (κ1) is 22.1. The number of fused-ring (bicyclic) bond motifs is 1. The average molecular weight is 469 g/mol. The van der Waals surface area contributed by atoms with Crippen molar-refractivity contribution < 1.29 is 14.3 Å². The van der Waals surface area contributed by atoms with Crippen molar-refractivity contribution in [3.05, 3.63) is 89.9 Å². The van der Waals surface area contributed by atoms with Crippen LogP contribution in [0.3, 0.4) is 0 Å². The summed E-state index contributed by atoms with van der Waals surface area (Å²) in [5.74, 6) is 2.14. The Morgan fingerprint density at radius 2 is 1.83 bits per heavy atom. The SMILES string of the molecule is COc1ccc(C2C(C(=O)Nc3cccnc3)=C(C)Nc3nc(-c4ccccc4OC)nn32)cc1. The van der Waals surface area contributed by atoms with E-state index in [4.69, 9.17) is 19.6 Å². The molecule has 4 aromatic rings. The Bertz CT molecular complexity index is 1400. The van der Waals surface area contributed by atoms with Crippen molar-refractivity contribution in [2.75, 3.05) is 24.9 Å². The van der Waals surface area contributed by atoms with Crippen LogP contribution in [-0.4, -0.2) is 39.9 Å². The topological polar surface area (TPSA) is 103 Å². The molecule has 3 heterocycles. The maximum absolute atomic E-state index is 13.5. The number of anilines is 2. The molecule has 9 nitrogen and oxygen atoms in total. The third-order valence-corrected chi connectivity index (χ3v) is 5.80. The minimum atomic E-state index is -0.523. The molecule has 2 aromatic carbocycles. The molecule has 1 amide bonds. The molecule has 5 rings (SSSR count). The fraction of sp³-hybridized carbons (Fsp3) is 0.154. The zero-order valence-electron chi connectivity index (χ0n) is 19.5. The van der Waals surface area contributed by atoms with Crippen LogP contribution in [-0.2, 0) is 4.79 Å². The summed E-state index contributed by atoms with van der Waals surface area (Å²) < 4.78 is 12.6. The molecule has 2 aromatic heterocycles. The van der Waals surface area contributed by atoms with Gasteiger partial charge >= 0.3 is 0 Å². The Hall–Kier alpha value is -4.66. The Kier molecular flexibility index (Phi) is 5.88. The maximum atomic E-state index is 13.5. The van der Waals surface area contributed by atoms with E-state index in [1.807, 2.05) is 55.5 Å². The second-order valence-corrected chi connectivity index (χ2v) is 7.94. The predicted molar refractivity (Wildman–Crippen MR) is 132 cm³/mol. The molecule has 0 spiro atoms. The van der Waals surface area contributed by atoms with E-state index in [-0.39, 0.29) is 5.91 Å². The molecule has 0 saturated carbocycles. The van der Waals surface area contributed by atoms with E-state index in [9.17, 15) is 4.79 Å². The van der Waals surface area contributed by atoms with Crippen LogP contribution in [0.25, 0.3) is 11.4 Å². The highest BCUT2D eigenvalue weighted by molar-refractivity contribution is 6.06. The van der Waals surface area contributed by atoms with E-state index in [1.54, 1.807) is 43.4 Å². The molecule has 0 bridgehead atoms. The number of nitrogens with one attached hydrogen (secondary N) is 2. The molecule has 2 N–H and O–H groups in total. The molecule has 0 saturated heterocycles. The third-order valence-electron chi connectivity index (χ3n) is 5.80. The second kappa shape index (κ2) is 9.30. The van der Waals surface area contributed by atoms with Crippen LogP contribution in [0.1, 0.15) is 18.5 Å². The van der Waals surface area contributed by atoms with Crippen LogP contribution in [0.15, 0.2) is 84.3 Å². The van der Waals surface area contributed by atoms with Gasteiger partial charge in [-0.25, -0.2) is 4.68 Å². The first-order valence-corrected chi connectivity index (χ1v) is 11.0. The number of pyridine rings is 1. The highest BCUT2D eigenvalue weighted by Gasteiger charge is 2.34. The number of para-hydroxylation sites is 1. The normalized spacial score (nSPS) is 14.7. The van der Waals surface area contributed by atoms with E-state index in [0.717, 1.165) is 16.9 Å². The molecule has 1 atom stereocenters. The number of benzene rings is 2. The van der Waals surface area contributed by atoms with Gasteiger partial charge in [-0.1, -0.05) is 24.3 Å². The van der Waals surface area contributed by atoms with E-state index >= 15 is 0 Å². The van der Waals surface area contributed by atoms with E-state index in [0.29, 0.717) is 34.5 Å². The summed E-state index contributed by atoms with van der Waals surface area (Å²) in [6.45, 7) is 1.86. The summed E-state index contributed by atoms with van der Waals surface area (Å²) in [6, 6.07) is 18.2. The highest BCUT2D eigenvalue weighted by Crippen LogP contribution is 2.38. The summed E-state index contributed by atoms with van der Waals surface area (Å²) in [7, 11) is 3.23. The number of nitrogens with zero attached hydrogens (tertiary/aromatic N) is 4. The third kappa shape index (κ3) is 4.19. The van der Waals surface area contributed by atoms with Crippen molar-refractivity contribution >= 4 is 17.5 Å². The van der Waals surface area contributed by atoms with Gasteiger partial charge in [0.1, 0.15) is 17.5 Å². The molecule has 0 aliphatic carbocycles. The van der Waals surface area contributed by atoms with Crippen LogP contribution >= 0.6 is 0 Å². The Morgan fingerprint density at radius 3 is 2.54 bits per heavy atom. The smallest absolute Gasteiger partial charge is 0.255 e. The molecule has 1 aliphatic heterocycles. The number of methoxy groups -OCH3 is 2. The van der Waals surface area contributed by atoms with Crippen LogP contribution in [0, 0.1) is 0 Å². The number of hydrogen-bond donors (Lipinski definition) is 2. The molecule has 9 heteroatoms. The first-order valence-electron chi connectivity index (χ1n) is 11.0. The largest absolute Gasteiger partial charge is 0.497 e. The van der Waals surface area contributed by atoms with Gasteiger partial charge in [-0.2, -0.15) is 4.98 Å². The zero-order valence-corrected chi connectivity index (χ0v) is 19.5. The lowest BCUT2D eigenvalue weighted by atomic mass is 9.95. The van der Waals surface area contributed by atoms with Crippen LogP contribution in [0.4, 0.5) is 11.6 Å². The van der Waals surface area contributed by atoms with Gasteiger partial charge in [-0.3, -0.25) is 9.78 Å². The van der Waals surface area contributed by atoms with Crippen molar-refractivity contribution in [1.82, 2.24) is 19.7 Å². The van der Waals surface area contributed by atoms with Crippen molar-refractivity contribution in [3.8, 4) is 22.9 Å². The lowest BCUT2D eigenvalue weighted by Gasteiger charge is -2.28. The molecular formula is C26H24N6O3. The van der Waals surface area contributed by atoms with Gasteiger partial charge in [0.2, 0.25) is 5.95 Å². The Morgan fingerprint density at radius 1 is 1.03 bits per heavy atom. The fourth-order valence-electron chi connectivity index (χ4n) is 4.12. The lowest BCUT2D eigenvalue weighted by Crippen LogP contribution is -2.31. The number of allylic oxidation sites excluding steroid dienone is 1. The summed E-state index contributed by atoms with van der Waals surface area (Å²) in [4.78, 5) is 22.3. The molecule has 35 heavy (non-hydrogen) atoms. The van der Waals surface area contributed by atoms with Gasteiger partial charge in [-0.15, -0.1) is 5.10 Å². The van der Waals surface area contributed by atoms with Crippen molar-refractivity contribution in [3.63, 3.8) is 0 Å². The highest BCUT2D eigenvalue weighted by atomic mass is 16.5. The number of carbonyl (C=O) groups is 1. The number of aromatic nitrogens is 4. The van der Waals surface area contributed by atoms with Gasteiger partial charge in [0.25, 0.3) is 5.91 Å². The molecule has 1 aliphatic rings. The summed E-state index contributed by atoms with van der Waals surface area (Å²) in [6.07, 6.45) is 3.26.